The molecule has 0 bridgehead atoms. The molecule has 1 aromatic heterocycles. The SMILES string of the molecule is CC/C=C\C/C=C\C/C=C\C/C=C\C/C=C\C/C=C\CCC(=O)NCCOCCNP(=O)(OC[C@H]1O[C@@H](n2cnc(C(N)=O)n2)[C@H](O)[C@@H]1O)Oc1ccccc1. The fourth-order valence-electron chi connectivity index (χ4n) is 5.05. The van der Waals surface area contributed by atoms with Crippen LogP contribution >= 0.6 is 7.75 Å². The Morgan fingerprint density at radius 2 is 1.46 bits per heavy atom. The molecule has 6 N–H and O–H groups in total. The van der Waals surface area contributed by atoms with Gasteiger partial charge in [0.05, 0.1) is 19.8 Å². The highest BCUT2D eigenvalue weighted by Crippen LogP contribution is 2.45. The van der Waals surface area contributed by atoms with Gasteiger partial charge in [-0.25, -0.2) is 19.3 Å². The second kappa shape index (κ2) is 27.2. The summed E-state index contributed by atoms with van der Waals surface area (Å²) in [6.45, 7) is 2.43. The summed E-state index contributed by atoms with van der Waals surface area (Å²) >= 11 is 0. The molecule has 5 atom stereocenters. The van der Waals surface area contributed by atoms with E-state index in [0.717, 1.165) is 49.5 Å². The number of amides is 2. The van der Waals surface area contributed by atoms with E-state index in [2.05, 4.69) is 88.2 Å². The van der Waals surface area contributed by atoms with Crippen molar-refractivity contribution in [1.82, 2.24) is 25.2 Å². The lowest BCUT2D eigenvalue weighted by molar-refractivity contribution is -0.121. The van der Waals surface area contributed by atoms with Crippen molar-refractivity contribution in [3.05, 3.63) is 115 Å². The molecule has 2 amide bonds. The number of aromatic nitrogens is 3. The van der Waals surface area contributed by atoms with Crippen LogP contribution in [-0.2, 0) is 23.4 Å². The summed E-state index contributed by atoms with van der Waals surface area (Å²) in [5.74, 6) is -0.978. The monoisotopic (exact) mass is 796 g/mol. The number of benzene rings is 1. The predicted octanol–water partition coefficient (Wildman–Crippen LogP) is 5.40. The molecule has 1 aliphatic rings. The minimum Gasteiger partial charge on any atom is -0.413 e. The average Bonchev–Trinajstić information content (AvgIpc) is 3.79. The number of nitrogens with zero attached hydrogens (tertiary/aromatic N) is 3. The molecule has 0 aliphatic carbocycles. The minimum absolute atomic E-state index is 0.0644. The standard InChI is InChI=1S/C40H57N6O9P/c1-2-3-4-5-6-7-8-9-10-11-12-13-14-15-16-17-18-19-23-26-35(47)42-27-29-52-30-28-44-56(51,55-33-24-21-20-22-25-33)53-31-34-36(48)37(49)40(54-34)46-32-43-39(45-46)38(41)50/h3-4,6-7,9-10,12-13,15-16,18-22,24-25,32,34,36-37,40,48-49H,2,5,8,11,14,17,23,26-31H2,1H3,(H2,41,50)(H,42,47)(H,44,51)/b4-3-,7-6-,10-9-,13-12-,16-15-,19-18-/t34-,36-,37-,40-,56?/m1/s1. The van der Waals surface area contributed by atoms with Crippen LogP contribution < -0.4 is 20.7 Å². The van der Waals surface area contributed by atoms with Crippen LogP contribution in [-0.4, -0.2) is 88.0 Å². The topological polar surface area (TPSA) is 209 Å². The number of para-hydroxylation sites is 1. The first-order valence-electron chi connectivity index (χ1n) is 18.9. The molecular weight excluding hydrogens is 739 g/mol. The number of allylic oxidation sites excluding steroid dienone is 12. The molecular formula is C40H57N6O9P. The van der Waals surface area contributed by atoms with E-state index >= 15 is 0 Å². The van der Waals surface area contributed by atoms with Gasteiger partial charge in [-0.05, 0) is 57.1 Å². The van der Waals surface area contributed by atoms with Crippen molar-refractivity contribution in [3.8, 4) is 5.75 Å². The molecule has 1 fully saturated rings. The zero-order valence-electron chi connectivity index (χ0n) is 32.0. The van der Waals surface area contributed by atoms with E-state index in [1.54, 1.807) is 30.3 Å². The van der Waals surface area contributed by atoms with Gasteiger partial charge in [0.25, 0.3) is 5.91 Å². The third kappa shape index (κ3) is 18.4. The van der Waals surface area contributed by atoms with E-state index in [-0.39, 0.29) is 37.2 Å². The van der Waals surface area contributed by atoms with Crippen molar-refractivity contribution < 1.29 is 42.9 Å². The quantitative estimate of drug-likeness (QED) is 0.0417. The summed E-state index contributed by atoms with van der Waals surface area (Å²) < 4.78 is 37.3. The molecule has 1 unspecified atom stereocenters. The summed E-state index contributed by atoms with van der Waals surface area (Å²) in [7, 11) is -4.04. The van der Waals surface area contributed by atoms with Gasteiger partial charge in [0, 0.05) is 19.5 Å². The van der Waals surface area contributed by atoms with E-state index in [4.69, 9.17) is 24.3 Å². The van der Waals surface area contributed by atoms with Gasteiger partial charge in [-0.15, -0.1) is 5.10 Å². The number of hydrogen-bond donors (Lipinski definition) is 5. The average molecular weight is 797 g/mol. The third-order valence-corrected chi connectivity index (χ3v) is 9.51. The van der Waals surface area contributed by atoms with Crippen LogP contribution in [0, 0.1) is 0 Å². The number of aliphatic hydroxyl groups excluding tert-OH is 2. The maximum Gasteiger partial charge on any atom is 0.458 e. The second-order valence-electron chi connectivity index (χ2n) is 12.5. The summed E-state index contributed by atoms with van der Waals surface area (Å²) in [4.78, 5) is 27.3. The van der Waals surface area contributed by atoms with Gasteiger partial charge in [-0.2, -0.15) is 0 Å². The molecule has 1 aromatic carbocycles. The lowest BCUT2D eigenvalue weighted by atomic mass is 10.1. The van der Waals surface area contributed by atoms with Crippen LogP contribution in [0.4, 0.5) is 0 Å². The van der Waals surface area contributed by atoms with Gasteiger partial charge in [0.1, 0.15) is 30.4 Å². The number of ether oxygens (including phenoxy) is 2. The molecule has 2 heterocycles. The van der Waals surface area contributed by atoms with E-state index < -0.39 is 44.8 Å². The van der Waals surface area contributed by atoms with E-state index in [0.29, 0.717) is 19.4 Å². The highest BCUT2D eigenvalue weighted by molar-refractivity contribution is 7.52. The lowest BCUT2D eigenvalue weighted by Crippen LogP contribution is -2.34. The molecule has 1 aliphatic heterocycles. The summed E-state index contributed by atoms with van der Waals surface area (Å²) in [6.07, 6.45) is 28.3. The molecule has 15 nitrogen and oxygen atoms in total. The van der Waals surface area contributed by atoms with Crippen LogP contribution in [0.5, 0.6) is 5.75 Å². The molecule has 0 saturated carbocycles. The van der Waals surface area contributed by atoms with Crippen LogP contribution in [0.25, 0.3) is 0 Å². The number of aliphatic hydroxyl groups is 2. The van der Waals surface area contributed by atoms with Crippen molar-refractivity contribution in [3.63, 3.8) is 0 Å². The first kappa shape index (κ1) is 45.9. The number of nitrogens with two attached hydrogens (primary N) is 1. The fourth-order valence-corrected chi connectivity index (χ4v) is 6.37. The van der Waals surface area contributed by atoms with Crippen LogP contribution in [0.1, 0.15) is 75.1 Å². The van der Waals surface area contributed by atoms with Crippen LogP contribution in [0.2, 0.25) is 0 Å². The molecule has 3 rings (SSSR count). The Balaban J connectivity index is 1.26. The van der Waals surface area contributed by atoms with E-state index in [9.17, 15) is 24.4 Å². The second-order valence-corrected chi connectivity index (χ2v) is 14.2. The largest absolute Gasteiger partial charge is 0.458 e. The normalized spacial score (nSPS) is 20.1. The van der Waals surface area contributed by atoms with Crippen molar-refractivity contribution in [2.45, 2.75) is 82.8 Å². The molecule has 16 heteroatoms. The Morgan fingerprint density at radius 3 is 2.05 bits per heavy atom. The number of carbonyl (C=O) groups is 2. The summed E-state index contributed by atoms with van der Waals surface area (Å²) in [6, 6.07) is 8.36. The fraction of sp³-hybridized carbons (Fsp3) is 0.450. The summed E-state index contributed by atoms with van der Waals surface area (Å²) in [5.41, 5.74) is 5.19. The van der Waals surface area contributed by atoms with E-state index in [1.165, 1.54) is 0 Å². The number of primary amides is 1. The Morgan fingerprint density at radius 1 is 0.875 bits per heavy atom. The maximum absolute atomic E-state index is 13.7. The van der Waals surface area contributed by atoms with Gasteiger partial charge >= 0.3 is 7.75 Å². The Labute approximate surface area is 329 Å². The molecule has 306 valence electrons. The Bertz CT molecular complexity index is 1660. The first-order valence-corrected chi connectivity index (χ1v) is 20.5. The zero-order chi connectivity index (χ0) is 40.3. The third-order valence-electron chi connectivity index (χ3n) is 7.96. The minimum atomic E-state index is -4.04. The van der Waals surface area contributed by atoms with E-state index in [1.807, 2.05) is 12.2 Å². The number of rotatable bonds is 28. The maximum atomic E-state index is 13.7. The number of carbonyl (C=O) groups excluding carboxylic acids is 2. The van der Waals surface area contributed by atoms with Gasteiger partial charge in [-0.1, -0.05) is 98.0 Å². The van der Waals surface area contributed by atoms with Crippen molar-refractivity contribution in [1.29, 1.82) is 0 Å². The zero-order valence-corrected chi connectivity index (χ0v) is 32.9. The molecule has 0 radical (unpaired) electrons. The highest BCUT2D eigenvalue weighted by Gasteiger charge is 2.45. The van der Waals surface area contributed by atoms with Crippen LogP contribution in [0.3, 0.4) is 0 Å². The van der Waals surface area contributed by atoms with Gasteiger partial charge < -0.3 is 35.3 Å². The summed E-state index contributed by atoms with van der Waals surface area (Å²) in [5, 5.41) is 30.5. The van der Waals surface area contributed by atoms with Crippen molar-refractivity contribution >= 4 is 19.6 Å². The predicted molar refractivity (Wildman–Crippen MR) is 214 cm³/mol. The number of nitrogens with one attached hydrogen (secondary N) is 2. The van der Waals surface area contributed by atoms with Crippen LogP contribution in [0.15, 0.2) is 110 Å². The van der Waals surface area contributed by atoms with Gasteiger partial charge in [0.15, 0.2) is 6.23 Å². The van der Waals surface area contributed by atoms with Gasteiger partial charge in [-0.3, -0.25) is 14.1 Å². The van der Waals surface area contributed by atoms with Gasteiger partial charge in [0.2, 0.25) is 11.7 Å². The molecule has 2 aromatic rings. The van der Waals surface area contributed by atoms with Crippen molar-refractivity contribution in [2.75, 3.05) is 32.9 Å². The lowest BCUT2D eigenvalue weighted by Gasteiger charge is -2.22. The van der Waals surface area contributed by atoms with Crippen molar-refractivity contribution in [2.24, 2.45) is 5.73 Å². The number of hydrogen-bond acceptors (Lipinski definition) is 11. The smallest absolute Gasteiger partial charge is 0.413 e. The molecule has 0 spiro atoms. The molecule has 56 heavy (non-hydrogen) atoms. The Hall–Kier alpha value is -4.47. The highest BCUT2D eigenvalue weighted by atomic mass is 31.2. The first-order chi connectivity index (χ1) is 27.2. The Kier molecular flexibility index (Phi) is 22.3. The molecule has 1 saturated heterocycles.